The lowest BCUT2D eigenvalue weighted by atomic mass is 9.90. The Morgan fingerprint density at radius 2 is 0.525 bits per heavy atom. The molecule has 0 atom stereocenters. The zero-order chi connectivity index (χ0) is 40.5. The van der Waals surface area contributed by atoms with Gasteiger partial charge in [-0.25, -0.2) is 0 Å². The van der Waals surface area contributed by atoms with E-state index in [1.807, 2.05) is 0 Å². The van der Waals surface area contributed by atoms with Crippen LogP contribution in [0.4, 0.5) is 34.1 Å². The Bertz CT molecular complexity index is 2840. The van der Waals surface area contributed by atoms with Crippen molar-refractivity contribution in [2.24, 2.45) is 0 Å². The first-order chi connectivity index (χ1) is 30.2. The lowest BCUT2D eigenvalue weighted by Crippen LogP contribution is -2.09. The minimum Gasteiger partial charge on any atom is -0.456 e. The van der Waals surface area contributed by atoms with E-state index < -0.39 is 0 Å². The van der Waals surface area contributed by atoms with E-state index in [0.29, 0.717) is 0 Å². The second-order valence-electron chi connectivity index (χ2n) is 15.4. The normalized spacial score (nSPS) is 11.4. The summed E-state index contributed by atoms with van der Waals surface area (Å²) in [6, 6.07) is 86.2. The van der Waals surface area contributed by atoms with E-state index in [9.17, 15) is 0 Å². The third kappa shape index (κ3) is 6.88. The van der Waals surface area contributed by atoms with Gasteiger partial charge in [-0.3, -0.25) is 0 Å². The first-order valence-corrected chi connectivity index (χ1v) is 20.7. The number of hydrogen-bond donors (Lipinski definition) is 0. The molecule has 0 radical (unpaired) electrons. The van der Waals surface area contributed by atoms with Crippen LogP contribution in [0.25, 0.3) is 55.3 Å². The molecule has 0 unspecified atom stereocenters. The molecule has 3 nitrogen and oxygen atoms in total. The summed E-state index contributed by atoms with van der Waals surface area (Å²) >= 11 is 0. The van der Waals surface area contributed by atoms with Gasteiger partial charge in [-0.15, -0.1) is 0 Å². The first kappa shape index (κ1) is 36.0. The van der Waals surface area contributed by atoms with Crippen LogP contribution in [0.15, 0.2) is 243 Å². The van der Waals surface area contributed by atoms with Crippen LogP contribution in [-0.4, -0.2) is 0 Å². The van der Waals surface area contributed by atoms with E-state index in [1.165, 1.54) is 10.8 Å². The monoisotopic (exact) mass is 780 g/mol. The van der Waals surface area contributed by atoms with Gasteiger partial charge in [-0.2, -0.15) is 0 Å². The molecule has 11 rings (SSSR count). The number of rotatable bonds is 8. The maximum absolute atomic E-state index is 7.07. The number of fused-ring (bicyclic) bond motifs is 6. The molecule has 0 saturated heterocycles. The molecule has 10 aromatic rings. The van der Waals surface area contributed by atoms with E-state index in [1.54, 1.807) is 0 Å². The molecule has 0 amide bonds. The van der Waals surface area contributed by atoms with Gasteiger partial charge in [0.15, 0.2) is 0 Å². The molecule has 0 aromatic heterocycles. The average molecular weight is 781 g/mol. The van der Waals surface area contributed by atoms with Gasteiger partial charge in [-0.05, 0) is 153 Å². The molecule has 288 valence electrons. The predicted molar refractivity (Wildman–Crippen MR) is 255 cm³/mol. The van der Waals surface area contributed by atoms with Crippen molar-refractivity contribution in [3.8, 4) is 56.0 Å². The Kier molecular flexibility index (Phi) is 9.18. The highest BCUT2D eigenvalue weighted by Gasteiger charge is 2.23. The molecule has 61 heavy (non-hydrogen) atoms. The van der Waals surface area contributed by atoms with E-state index in [4.69, 9.17) is 4.74 Å². The number of ether oxygens (including phenoxy) is 1. The summed E-state index contributed by atoms with van der Waals surface area (Å²) in [5, 5.41) is 2.40. The zero-order valence-corrected chi connectivity index (χ0v) is 33.4. The van der Waals surface area contributed by atoms with Crippen LogP contribution >= 0.6 is 0 Å². The molecule has 0 saturated carbocycles. The third-order valence-electron chi connectivity index (χ3n) is 11.6. The van der Waals surface area contributed by atoms with Crippen LogP contribution in [0.2, 0.25) is 0 Å². The van der Waals surface area contributed by atoms with Gasteiger partial charge in [0.25, 0.3) is 0 Å². The van der Waals surface area contributed by atoms with Crippen molar-refractivity contribution < 1.29 is 4.74 Å². The van der Waals surface area contributed by atoms with Crippen LogP contribution in [0.5, 0.6) is 11.5 Å². The number of para-hydroxylation sites is 4. The average Bonchev–Trinajstić information content (AvgIpc) is 3.46. The van der Waals surface area contributed by atoms with Crippen molar-refractivity contribution in [2.75, 3.05) is 9.80 Å². The number of anilines is 6. The highest BCUT2D eigenvalue weighted by Crippen LogP contribution is 2.50. The standard InChI is InChI=1S/C58H40N2O/c1-5-17-47(18-6-1)59(48-19-7-2-8-20-48)51-31-25-41(26-32-51)45-29-35-53-55-37-43-15-13-14-16-44(43)38-56(55)54-36-30-46(40-58(54)61-57(53)39-45)42-27-33-52(34-28-42)60(49-21-9-3-10-22-49)50-23-11-4-12-24-50/h1-40H. The summed E-state index contributed by atoms with van der Waals surface area (Å²) < 4.78 is 7.07. The van der Waals surface area contributed by atoms with Crippen LogP contribution < -0.4 is 14.5 Å². The Labute approximate surface area is 356 Å². The molecule has 1 aliphatic rings. The molecular formula is C58H40N2O. The van der Waals surface area contributed by atoms with E-state index >= 15 is 0 Å². The van der Waals surface area contributed by atoms with Gasteiger partial charge < -0.3 is 14.5 Å². The number of hydrogen-bond acceptors (Lipinski definition) is 3. The maximum atomic E-state index is 7.07. The third-order valence-corrected chi connectivity index (χ3v) is 11.6. The second-order valence-corrected chi connectivity index (χ2v) is 15.4. The minimum atomic E-state index is 0.834. The Morgan fingerprint density at radius 1 is 0.230 bits per heavy atom. The van der Waals surface area contributed by atoms with Crippen molar-refractivity contribution in [2.45, 2.75) is 0 Å². The summed E-state index contributed by atoms with van der Waals surface area (Å²) in [7, 11) is 0. The van der Waals surface area contributed by atoms with Gasteiger partial charge in [0.2, 0.25) is 0 Å². The molecule has 0 fully saturated rings. The van der Waals surface area contributed by atoms with Crippen LogP contribution in [0, 0.1) is 0 Å². The molecule has 1 aliphatic heterocycles. The van der Waals surface area contributed by atoms with Crippen molar-refractivity contribution in [3.63, 3.8) is 0 Å². The summed E-state index contributed by atoms with van der Waals surface area (Å²) in [5.74, 6) is 1.67. The minimum absolute atomic E-state index is 0.834. The molecule has 1 heterocycles. The van der Waals surface area contributed by atoms with E-state index in [2.05, 4.69) is 252 Å². The molecule has 0 spiro atoms. The van der Waals surface area contributed by atoms with Crippen molar-refractivity contribution >= 4 is 44.9 Å². The maximum Gasteiger partial charge on any atom is 0.135 e. The Morgan fingerprint density at radius 3 is 0.869 bits per heavy atom. The van der Waals surface area contributed by atoms with Crippen LogP contribution in [0.3, 0.4) is 0 Å². The topological polar surface area (TPSA) is 15.7 Å². The van der Waals surface area contributed by atoms with Crippen molar-refractivity contribution in [3.05, 3.63) is 243 Å². The van der Waals surface area contributed by atoms with Gasteiger partial charge >= 0.3 is 0 Å². The SMILES string of the molecule is c1ccc(N(c2ccccc2)c2ccc(-c3ccc4c(c3)Oc3cc(-c5ccc(N(c6ccccc6)c6ccccc6)cc5)ccc3-c3cc5ccccc5cc3-4)cc2)cc1. The fourth-order valence-electron chi connectivity index (χ4n) is 8.63. The summed E-state index contributed by atoms with van der Waals surface area (Å²) in [6.07, 6.45) is 0. The van der Waals surface area contributed by atoms with E-state index in [-0.39, 0.29) is 0 Å². The summed E-state index contributed by atoms with van der Waals surface area (Å²) in [6.45, 7) is 0. The van der Waals surface area contributed by atoms with Gasteiger partial charge in [-0.1, -0.05) is 133 Å². The quantitative estimate of drug-likeness (QED) is 0.153. The number of benzene rings is 10. The molecule has 0 aliphatic carbocycles. The largest absolute Gasteiger partial charge is 0.456 e. The first-order valence-electron chi connectivity index (χ1n) is 20.7. The molecule has 10 aromatic carbocycles. The second kappa shape index (κ2) is 15.6. The molecular weight excluding hydrogens is 741 g/mol. The Balaban J connectivity index is 0.974. The van der Waals surface area contributed by atoms with Crippen molar-refractivity contribution in [1.82, 2.24) is 0 Å². The van der Waals surface area contributed by atoms with Gasteiger partial charge in [0, 0.05) is 45.3 Å². The fourth-order valence-corrected chi connectivity index (χ4v) is 8.63. The molecule has 0 N–H and O–H groups in total. The predicted octanol–water partition coefficient (Wildman–Crippen LogP) is 16.6. The lowest BCUT2D eigenvalue weighted by molar-refractivity contribution is 0.488. The van der Waals surface area contributed by atoms with Crippen LogP contribution in [-0.2, 0) is 0 Å². The molecule has 0 bridgehead atoms. The van der Waals surface area contributed by atoms with Crippen LogP contribution in [0.1, 0.15) is 0 Å². The smallest absolute Gasteiger partial charge is 0.135 e. The Hall–Kier alpha value is -8.14. The van der Waals surface area contributed by atoms with Gasteiger partial charge in [0.1, 0.15) is 11.5 Å². The highest BCUT2D eigenvalue weighted by atomic mass is 16.5. The van der Waals surface area contributed by atoms with Crippen molar-refractivity contribution in [1.29, 1.82) is 0 Å². The fraction of sp³-hybridized carbons (Fsp3) is 0. The zero-order valence-electron chi connectivity index (χ0n) is 33.4. The van der Waals surface area contributed by atoms with E-state index in [0.717, 1.165) is 90.1 Å². The lowest BCUT2D eigenvalue weighted by Gasteiger charge is -2.25. The number of nitrogens with zero attached hydrogens (tertiary/aromatic N) is 2. The highest BCUT2D eigenvalue weighted by molar-refractivity contribution is 6.00. The molecule has 3 heteroatoms. The summed E-state index contributed by atoms with van der Waals surface area (Å²) in [5.41, 5.74) is 15.5. The summed E-state index contributed by atoms with van der Waals surface area (Å²) in [4.78, 5) is 4.58. The van der Waals surface area contributed by atoms with Gasteiger partial charge in [0.05, 0.1) is 0 Å².